The molecule has 3 N–H and O–H groups in total. The standard InChI is InChI=1S/C20H28N4O4/c1-14(12-18(25)21-13-15-8-10-17(28-2)11-9-15)23-24-20(27)19(26)22-16-6-4-3-5-7-16/h8-11,16H,3-7,12-13H2,1-2H3,(H,21,25)(H,22,26)(H,24,27)/b23-14+. The number of amides is 3. The van der Waals surface area contributed by atoms with Gasteiger partial charge in [-0.1, -0.05) is 31.4 Å². The maximum atomic E-state index is 12.0. The van der Waals surface area contributed by atoms with Gasteiger partial charge < -0.3 is 15.4 Å². The lowest BCUT2D eigenvalue weighted by Crippen LogP contribution is -2.44. The molecule has 0 saturated heterocycles. The van der Waals surface area contributed by atoms with Gasteiger partial charge in [-0.05, 0) is 37.5 Å². The molecule has 1 aromatic carbocycles. The van der Waals surface area contributed by atoms with Gasteiger partial charge in [0.1, 0.15) is 5.75 Å². The van der Waals surface area contributed by atoms with Crippen molar-refractivity contribution >= 4 is 23.4 Å². The van der Waals surface area contributed by atoms with Crippen molar-refractivity contribution in [2.45, 2.75) is 58.0 Å². The van der Waals surface area contributed by atoms with Crippen molar-refractivity contribution in [1.29, 1.82) is 0 Å². The molecule has 8 heteroatoms. The average molecular weight is 388 g/mol. The van der Waals surface area contributed by atoms with Crippen molar-refractivity contribution in [3.05, 3.63) is 29.8 Å². The molecule has 1 aliphatic carbocycles. The monoisotopic (exact) mass is 388 g/mol. The Morgan fingerprint density at radius 2 is 1.75 bits per heavy atom. The minimum absolute atomic E-state index is 0.0285. The van der Waals surface area contributed by atoms with Gasteiger partial charge in [-0.2, -0.15) is 5.10 Å². The molecular formula is C20H28N4O4. The predicted octanol–water partition coefficient (Wildman–Crippen LogP) is 1.64. The summed E-state index contributed by atoms with van der Waals surface area (Å²) >= 11 is 0. The Morgan fingerprint density at radius 3 is 2.39 bits per heavy atom. The summed E-state index contributed by atoms with van der Waals surface area (Å²) in [5.74, 6) is -0.977. The fraction of sp³-hybridized carbons (Fsp3) is 0.500. The highest BCUT2D eigenvalue weighted by molar-refractivity contribution is 6.35. The zero-order chi connectivity index (χ0) is 20.4. The zero-order valence-electron chi connectivity index (χ0n) is 16.4. The lowest BCUT2D eigenvalue weighted by atomic mass is 9.95. The smallest absolute Gasteiger partial charge is 0.329 e. The van der Waals surface area contributed by atoms with Gasteiger partial charge in [0.15, 0.2) is 0 Å². The van der Waals surface area contributed by atoms with Crippen molar-refractivity contribution in [1.82, 2.24) is 16.1 Å². The number of rotatable bonds is 7. The molecule has 1 fully saturated rings. The van der Waals surface area contributed by atoms with E-state index in [2.05, 4.69) is 21.2 Å². The van der Waals surface area contributed by atoms with Gasteiger partial charge in [0.2, 0.25) is 5.91 Å². The minimum Gasteiger partial charge on any atom is -0.497 e. The van der Waals surface area contributed by atoms with E-state index in [9.17, 15) is 14.4 Å². The van der Waals surface area contributed by atoms with Crippen LogP contribution in [-0.4, -0.2) is 36.6 Å². The summed E-state index contributed by atoms with van der Waals surface area (Å²) < 4.78 is 5.09. The van der Waals surface area contributed by atoms with Crippen molar-refractivity contribution < 1.29 is 19.1 Å². The Hall–Kier alpha value is -2.90. The number of nitrogens with zero attached hydrogens (tertiary/aromatic N) is 1. The highest BCUT2D eigenvalue weighted by Gasteiger charge is 2.20. The topological polar surface area (TPSA) is 109 Å². The van der Waals surface area contributed by atoms with Crippen LogP contribution in [0.3, 0.4) is 0 Å². The maximum Gasteiger partial charge on any atom is 0.329 e. The van der Waals surface area contributed by atoms with Gasteiger partial charge in [0.25, 0.3) is 0 Å². The van der Waals surface area contributed by atoms with E-state index < -0.39 is 11.8 Å². The first-order valence-corrected chi connectivity index (χ1v) is 9.51. The number of hydrazone groups is 1. The second-order valence-electron chi connectivity index (χ2n) is 6.90. The first-order chi connectivity index (χ1) is 13.5. The third-order valence-corrected chi connectivity index (χ3v) is 4.56. The third-order valence-electron chi connectivity index (χ3n) is 4.56. The predicted molar refractivity (Wildman–Crippen MR) is 106 cm³/mol. The van der Waals surface area contributed by atoms with Crippen LogP contribution in [0.25, 0.3) is 0 Å². The number of carbonyl (C=O) groups excluding carboxylic acids is 3. The quantitative estimate of drug-likeness (QED) is 0.375. The van der Waals surface area contributed by atoms with Crippen molar-refractivity contribution in [2.75, 3.05) is 7.11 Å². The molecule has 0 heterocycles. The Balaban J connectivity index is 1.70. The lowest BCUT2D eigenvalue weighted by Gasteiger charge is -2.22. The number of ether oxygens (including phenoxy) is 1. The van der Waals surface area contributed by atoms with E-state index in [4.69, 9.17) is 4.74 Å². The zero-order valence-corrected chi connectivity index (χ0v) is 16.4. The maximum absolute atomic E-state index is 12.0. The molecule has 2 rings (SSSR count). The summed E-state index contributed by atoms with van der Waals surface area (Å²) in [6, 6.07) is 7.43. The summed E-state index contributed by atoms with van der Waals surface area (Å²) in [6.07, 6.45) is 5.12. The molecule has 0 radical (unpaired) electrons. The molecule has 0 aliphatic heterocycles. The fourth-order valence-corrected chi connectivity index (χ4v) is 2.97. The molecule has 0 aromatic heterocycles. The van der Waals surface area contributed by atoms with Gasteiger partial charge in [-0.25, -0.2) is 5.43 Å². The van der Waals surface area contributed by atoms with Crippen LogP contribution < -0.4 is 20.8 Å². The molecule has 3 amide bonds. The van der Waals surface area contributed by atoms with E-state index in [1.54, 1.807) is 14.0 Å². The highest BCUT2D eigenvalue weighted by Crippen LogP contribution is 2.17. The molecule has 0 spiro atoms. The summed E-state index contributed by atoms with van der Waals surface area (Å²) in [7, 11) is 1.59. The van der Waals surface area contributed by atoms with Crippen LogP contribution >= 0.6 is 0 Å². The Kier molecular flexibility index (Phi) is 8.45. The van der Waals surface area contributed by atoms with E-state index in [1.807, 2.05) is 24.3 Å². The summed E-state index contributed by atoms with van der Waals surface area (Å²) in [6.45, 7) is 2.00. The minimum atomic E-state index is -0.816. The number of hydrogen-bond acceptors (Lipinski definition) is 5. The highest BCUT2D eigenvalue weighted by atomic mass is 16.5. The molecule has 1 aliphatic rings. The normalized spacial score (nSPS) is 14.9. The van der Waals surface area contributed by atoms with E-state index in [-0.39, 0.29) is 18.4 Å². The van der Waals surface area contributed by atoms with Crippen molar-refractivity contribution in [3.8, 4) is 5.75 Å². The summed E-state index contributed by atoms with van der Waals surface area (Å²) in [5, 5.41) is 9.34. The molecule has 1 aromatic rings. The first-order valence-electron chi connectivity index (χ1n) is 9.51. The van der Waals surface area contributed by atoms with E-state index in [0.717, 1.165) is 37.0 Å². The van der Waals surface area contributed by atoms with Crippen LogP contribution in [0.15, 0.2) is 29.4 Å². The molecule has 152 valence electrons. The van der Waals surface area contributed by atoms with E-state index >= 15 is 0 Å². The molecule has 0 bridgehead atoms. The van der Waals surface area contributed by atoms with E-state index in [0.29, 0.717) is 12.3 Å². The molecule has 0 atom stereocenters. The second-order valence-corrected chi connectivity index (χ2v) is 6.90. The van der Waals surface area contributed by atoms with Crippen LogP contribution in [0.4, 0.5) is 0 Å². The Labute approximate surface area is 165 Å². The van der Waals surface area contributed by atoms with Crippen LogP contribution in [0.5, 0.6) is 5.75 Å². The largest absolute Gasteiger partial charge is 0.497 e. The molecule has 8 nitrogen and oxygen atoms in total. The molecule has 0 unspecified atom stereocenters. The van der Waals surface area contributed by atoms with Gasteiger partial charge in [0.05, 0.1) is 13.5 Å². The Bertz CT molecular complexity index is 709. The SMILES string of the molecule is COc1ccc(CNC(=O)C/C(C)=N/NC(=O)C(=O)NC2CCCCC2)cc1. The lowest BCUT2D eigenvalue weighted by molar-refractivity contribution is -0.139. The third kappa shape index (κ3) is 7.38. The van der Waals surface area contributed by atoms with Crippen LogP contribution in [-0.2, 0) is 20.9 Å². The second kappa shape index (κ2) is 11.1. The molecular weight excluding hydrogens is 360 g/mol. The fourth-order valence-electron chi connectivity index (χ4n) is 2.97. The van der Waals surface area contributed by atoms with Gasteiger partial charge in [-0.15, -0.1) is 0 Å². The summed E-state index contributed by atoms with van der Waals surface area (Å²) in [5.41, 5.74) is 3.56. The number of hydrogen-bond donors (Lipinski definition) is 3. The Morgan fingerprint density at radius 1 is 1.07 bits per heavy atom. The van der Waals surface area contributed by atoms with E-state index in [1.165, 1.54) is 6.42 Å². The first kappa shape index (κ1) is 21.4. The van der Waals surface area contributed by atoms with Gasteiger partial charge in [0, 0.05) is 18.3 Å². The number of benzene rings is 1. The number of nitrogens with one attached hydrogen (secondary N) is 3. The average Bonchev–Trinajstić information content (AvgIpc) is 2.71. The molecule has 28 heavy (non-hydrogen) atoms. The number of methoxy groups -OCH3 is 1. The van der Waals surface area contributed by atoms with Crippen molar-refractivity contribution in [3.63, 3.8) is 0 Å². The van der Waals surface area contributed by atoms with Crippen LogP contribution in [0.1, 0.15) is 51.0 Å². The number of carbonyl (C=O) groups is 3. The molecule has 1 saturated carbocycles. The van der Waals surface area contributed by atoms with Crippen LogP contribution in [0.2, 0.25) is 0 Å². The van der Waals surface area contributed by atoms with Crippen LogP contribution in [0, 0.1) is 0 Å². The summed E-state index contributed by atoms with van der Waals surface area (Å²) in [4.78, 5) is 35.7. The van der Waals surface area contributed by atoms with Crippen molar-refractivity contribution in [2.24, 2.45) is 5.10 Å². The van der Waals surface area contributed by atoms with Gasteiger partial charge >= 0.3 is 11.8 Å². The van der Waals surface area contributed by atoms with Gasteiger partial charge in [-0.3, -0.25) is 14.4 Å².